The minimum Gasteiger partial charge on any atom is -0.477 e. The number of rotatable bonds is 3. The van der Waals surface area contributed by atoms with Gasteiger partial charge in [-0.1, -0.05) is 0 Å². The van der Waals surface area contributed by atoms with E-state index in [1.165, 1.54) is 11.8 Å². The van der Waals surface area contributed by atoms with Gasteiger partial charge in [0.25, 0.3) is 0 Å². The Labute approximate surface area is 79.5 Å². The normalized spacial score (nSPS) is 17.8. The van der Waals surface area contributed by atoms with E-state index in [9.17, 15) is 18.4 Å². The van der Waals surface area contributed by atoms with Crippen LogP contribution in [-0.2, 0) is 9.59 Å². The van der Waals surface area contributed by atoms with Gasteiger partial charge in [0, 0.05) is 32.4 Å². The highest BCUT2D eigenvalue weighted by molar-refractivity contribution is 5.76. The summed E-state index contributed by atoms with van der Waals surface area (Å²) >= 11 is 0. The van der Waals surface area contributed by atoms with Gasteiger partial charge in [-0.2, -0.15) is 8.78 Å². The van der Waals surface area contributed by atoms with Gasteiger partial charge >= 0.3 is 11.9 Å². The topological polar surface area (TPSA) is 57.6 Å². The maximum atomic E-state index is 12.6. The Kier molecular flexibility index (Phi) is 2.73. The monoisotopic (exact) mass is 207 g/mol. The second-order valence-corrected chi connectivity index (χ2v) is 3.50. The second-order valence-electron chi connectivity index (χ2n) is 3.50. The Morgan fingerprint density at radius 3 is 2.36 bits per heavy atom. The molecular weight excluding hydrogens is 196 g/mol. The molecule has 0 aliphatic carbocycles. The molecule has 1 rings (SSSR count). The van der Waals surface area contributed by atoms with E-state index < -0.39 is 24.2 Å². The number of aliphatic carboxylic acids is 1. The van der Waals surface area contributed by atoms with Gasteiger partial charge in [0.1, 0.15) is 0 Å². The summed E-state index contributed by atoms with van der Waals surface area (Å²) in [4.78, 5) is 22.2. The molecule has 0 radical (unpaired) electrons. The SMILES string of the molecule is CC(=O)N1CC(CC(F)(F)C(=O)O)C1. The van der Waals surface area contributed by atoms with Crippen molar-refractivity contribution < 1.29 is 23.5 Å². The Morgan fingerprint density at radius 2 is 2.00 bits per heavy atom. The lowest BCUT2D eigenvalue weighted by Crippen LogP contribution is -2.51. The number of carbonyl (C=O) groups excluding carboxylic acids is 1. The average Bonchev–Trinajstić information content (AvgIpc) is 1.94. The van der Waals surface area contributed by atoms with Gasteiger partial charge in [-0.15, -0.1) is 0 Å². The predicted molar refractivity (Wildman–Crippen MR) is 42.9 cm³/mol. The Bertz CT molecular complexity index is 261. The highest BCUT2D eigenvalue weighted by atomic mass is 19.3. The average molecular weight is 207 g/mol. The zero-order valence-electron chi connectivity index (χ0n) is 7.67. The molecule has 0 aromatic carbocycles. The number of hydrogen-bond acceptors (Lipinski definition) is 2. The smallest absolute Gasteiger partial charge is 0.374 e. The molecule has 1 heterocycles. The second kappa shape index (κ2) is 3.51. The maximum Gasteiger partial charge on any atom is 0.374 e. The van der Waals surface area contributed by atoms with Crippen molar-refractivity contribution >= 4 is 11.9 Å². The van der Waals surface area contributed by atoms with Crippen LogP contribution in [0.1, 0.15) is 13.3 Å². The zero-order chi connectivity index (χ0) is 10.9. The van der Waals surface area contributed by atoms with Gasteiger partial charge in [-0.3, -0.25) is 4.79 Å². The minimum absolute atomic E-state index is 0.167. The molecule has 0 spiro atoms. The van der Waals surface area contributed by atoms with Crippen LogP contribution in [0, 0.1) is 5.92 Å². The van der Waals surface area contributed by atoms with Crippen molar-refractivity contribution in [3.63, 3.8) is 0 Å². The highest BCUT2D eigenvalue weighted by Gasteiger charge is 2.44. The van der Waals surface area contributed by atoms with Gasteiger partial charge in [-0.25, -0.2) is 4.79 Å². The van der Waals surface area contributed by atoms with Crippen LogP contribution in [0.2, 0.25) is 0 Å². The largest absolute Gasteiger partial charge is 0.477 e. The number of carboxylic acid groups (broad SMARTS) is 1. The molecule has 1 fully saturated rings. The lowest BCUT2D eigenvalue weighted by molar-refractivity contribution is -0.169. The summed E-state index contributed by atoms with van der Waals surface area (Å²) in [6.07, 6.45) is -0.688. The summed E-state index contributed by atoms with van der Waals surface area (Å²) < 4.78 is 25.3. The van der Waals surface area contributed by atoms with Gasteiger partial charge in [0.05, 0.1) is 0 Å². The molecule has 0 bridgehead atoms. The van der Waals surface area contributed by atoms with Gasteiger partial charge < -0.3 is 10.0 Å². The number of carbonyl (C=O) groups is 2. The third kappa shape index (κ3) is 2.18. The minimum atomic E-state index is -3.67. The van der Waals surface area contributed by atoms with Crippen molar-refractivity contribution in [2.24, 2.45) is 5.92 Å². The fraction of sp³-hybridized carbons (Fsp3) is 0.750. The summed E-state index contributed by atoms with van der Waals surface area (Å²) in [5.41, 5.74) is 0. The first-order chi connectivity index (χ1) is 6.33. The fourth-order valence-corrected chi connectivity index (χ4v) is 1.41. The lowest BCUT2D eigenvalue weighted by Gasteiger charge is -2.39. The molecule has 1 aliphatic heterocycles. The Balaban J connectivity index is 2.36. The van der Waals surface area contributed by atoms with E-state index in [4.69, 9.17) is 5.11 Å². The van der Waals surface area contributed by atoms with Gasteiger partial charge in [0.2, 0.25) is 5.91 Å². The van der Waals surface area contributed by atoms with Gasteiger partial charge in [0.15, 0.2) is 0 Å². The molecule has 0 aromatic rings. The van der Waals surface area contributed by atoms with Crippen LogP contribution in [-0.4, -0.2) is 40.9 Å². The standard InChI is InChI=1S/C8H11F2NO3/c1-5(12)11-3-6(4-11)2-8(9,10)7(13)14/h6H,2-4H2,1H3,(H,13,14). The lowest BCUT2D eigenvalue weighted by atomic mass is 9.93. The van der Waals surface area contributed by atoms with E-state index in [1.54, 1.807) is 0 Å². The molecule has 80 valence electrons. The summed E-state index contributed by atoms with van der Waals surface area (Å²) in [6.45, 7) is 1.82. The molecule has 1 amide bonds. The third-order valence-electron chi connectivity index (χ3n) is 2.26. The first-order valence-corrected chi connectivity index (χ1v) is 4.19. The molecule has 0 unspecified atom stereocenters. The number of carboxylic acids is 1. The zero-order valence-corrected chi connectivity index (χ0v) is 7.67. The molecule has 0 saturated carbocycles. The molecule has 6 heteroatoms. The number of halogens is 2. The van der Waals surface area contributed by atoms with Crippen LogP contribution in [0.5, 0.6) is 0 Å². The van der Waals surface area contributed by atoms with E-state index in [-0.39, 0.29) is 19.0 Å². The van der Waals surface area contributed by atoms with Gasteiger partial charge in [-0.05, 0) is 0 Å². The molecule has 1 saturated heterocycles. The van der Waals surface area contributed by atoms with E-state index >= 15 is 0 Å². The number of hydrogen-bond donors (Lipinski definition) is 1. The highest BCUT2D eigenvalue weighted by Crippen LogP contribution is 2.29. The number of nitrogens with zero attached hydrogens (tertiary/aromatic N) is 1. The molecule has 1 N–H and O–H groups in total. The van der Waals surface area contributed by atoms with Crippen molar-refractivity contribution in [1.82, 2.24) is 4.90 Å². The molecular formula is C8H11F2NO3. The van der Waals surface area contributed by atoms with Crippen LogP contribution < -0.4 is 0 Å². The summed E-state index contributed by atoms with van der Waals surface area (Å²) in [5, 5.41) is 8.15. The summed E-state index contributed by atoms with van der Waals surface area (Å²) in [7, 11) is 0. The van der Waals surface area contributed by atoms with Crippen LogP contribution in [0.4, 0.5) is 8.78 Å². The van der Waals surface area contributed by atoms with E-state index in [0.29, 0.717) is 0 Å². The van der Waals surface area contributed by atoms with Crippen LogP contribution in [0.25, 0.3) is 0 Å². The molecule has 0 aromatic heterocycles. The van der Waals surface area contributed by atoms with Crippen molar-refractivity contribution in [3.05, 3.63) is 0 Å². The van der Waals surface area contributed by atoms with Crippen molar-refractivity contribution in [1.29, 1.82) is 0 Å². The number of amides is 1. The van der Waals surface area contributed by atoms with Crippen molar-refractivity contribution in [3.8, 4) is 0 Å². The first kappa shape index (κ1) is 10.9. The van der Waals surface area contributed by atoms with Crippen molar-refractivity contribution in [2.45, 2.75) is 19.3 Å². The third-order valence-corrected chi connectivity index (χ3v) is 2.26. The maximum absolute atomic E-state index is 12.6. The molecule has 14 heavy (non-hydrogen) atoms. The summed E-state index contributed by atoms with van der Waals surface area (Å²) in [5.74, 6) is -6.34. The first-order valence-electron chi connectivity index (χ1n) is 4.19. The molecule has 0 atom stereocenters. The molecule has 4 nitrogen and oxygen atoms in total. The van der Waals surface area contributed by atoms with Crippen LogP contribution in [0.15, 0.2) is 0 Å². The Morgan fingerprint density at radius 1 is 1.50 bits per heavy atom. The predicted octanol–water partition coefficient (Wildman–Crippen LogP) is 0.575. The Hall–Kier alpha value is -1.20. The summed E-state index contributed by atoms with van der Waals surface area (Å²) in [6, 6.07) is 0. The number of alkyl halides is 2. The van der Waals surface area contributed by atoms with Crippen LogP contribution in [0.3, 0.4) is 0 Å². The fourth-order valence-electron chi connectivity index (χ4n) is 1.41. The van der Waals surface area contributed by atoms with E-state index in [1.807, 2.05) is 0 Å². The van der Waals surface area contributed by atoms with Crippen molar-refractivity contribution in [2.75, 3.05) is 13.1 Å². The molecule has 1 aliphatic rings. The van der Waals surface area contributed by atoms with Crippen LogP contribution >= 0.6 is 0 Å². The van der Waals surface area contributed by atoms with E-state index in [2.05, 4.69) is 0 Å². The van der Waals surface area contributed by atoms with E-state index in [0.717, 1.165) is 0 Å². The number of likely N-dealkylation sites (tertiary alicyclic amines) is 1. The quantitative estimate of drug-likeness (QED) is 0.736.